The third kappa shape index (κ3) is 1.68. The smallest absolute Gasteiger partial charge is 0.226 e. The topological polar surface area (TPSA) is 68.2 Å². The lowest BCUT2D eigenvalue weighted by atomic mass is 9.83. The summed E-state index contributed by atoms with van der Waals surface area (Å²) in [7, 11) is 2.20. The quantitative estimate of drug-likeness (QED) is 0.831. The normalized spacial score (nSPS) is 37.6. The summed E-state index contributed by atoms with van der Waals surface area (Å²) < 4.78 is 5.20. The molecule has 1 aromatic heterocycles. The van der Waals surface area contributed by atoms with Gasteiger partial charge in [0.2, 0.25) is 5.89 Å². The maximum atomic E-state index is 6.52. The second-order valence-electron chi connectivity index (χ2n) is 5.48. The molecular formula is C12H20N4O. The molecule has 0 aromatic carbocycles. The summed E-state index contributed by atoms with van der Waals surface area (Å²) in [6.07, 6.45) is 5.17. The zero-order chi connectivity index (χ0) is 12.0. The monoisotopic (exact) mass is 236 g/mol. The van der Waals surface area contributed by atoms with Gasteiger partial charge in [-0.05, 0) is 32.7 Å². The van der Waals surface area contributed by atoms with Gasteiger partial charge in [0, 0.05) is 18.5 Å². The molecule has 94 valence electrons. The minimum Gasteiger partial charge on any atom is -0.339 e. The van der Waals surface area contributed by atoms with Crippen LogP contribution in [0, 0.1) is 0 Å². The van der Waals surface area contributed by atoms with E-state index in [0.717, 1.165) is 19.3 Å². The van der Waals surface area contributed by atoms with E-state index in [1.54, 1.807) is 0 Å². The number of fused-ring (bicyclic) bond motifs is 2. The highest BCUT2D eigenvalue weighted by Crippen LogP contribution is 2.42. The van der Waals surface area contributed by atoms with Crippen LogP contribution in [0.2, 0.25) is 0 Å². The molecule has 2 N–H and O–H groups in total. The van der Waals surface area contributed by atoms with Gasteiger partial charge in [0.1, 0.15) is 0 Å². The molecule has 3 rings (SSSR count). The van der Waals surface area contributed by atoms with E-state index >= 15 is 0 Å². The van der Waals surface area contributed by atoms with Crippen LogP contribution in [0.1, 0.15) is 44.3 Å². The Bertz CT molecular complexity index is 402. The first-order valence-electron chi connectivity index (χ1n) is 6.46. The third-order valence-corrected chi connectivity index (χ3v) is 4.40. The average molecular weight is 236 g/mol. The van der Waals surface area contributed by atoms with Crippen molar-refractivity contribution in [3.8, 4) is 0 Å². The molecule has 3 heterocycles. The number of nitrogens with two attached hydrogens (primary N) is 1. The second-order valence-corrected chi connectivity index (χ2v) is 5.48. The molecule has 0 amide bonds. The van der Waals surface area contributed by atoms with Crippen molar-refractivity contribution in [2.45, 2.75) is 56.7 Å². The number of piperidine rings is 1. The summed E-state index contributed by atoms with van der Waals surface area (Å²) in [5.41, 5.74) is 6.14. The van der Waals surface area contributed by atoms with Crippen molar-refractivity contribution in [3.05, 3.63) is 11.7 Å². The largest absolute Gasteiger partial charge is 0.339 e. The van der Waals surface area contributed by atoms with Gasteiger partial charge in [0.15, 0.2) is 5.82 Å². The van der Waals surface area contributed by atoms with Gasteiger partial charge in [0.25, 0.3) is 0 Å². The highest BCUT2D eigenvalue weighted by atomic mass is 16.5. The lowest BCUT2D eigenvalue weighted by Crippen LogP contribution is -2.52. The minimum atomic E-state index is -0.380. The van der Waals surface area contributed by atoms with Gasteiger partial charge in [-0.15, -0.1) is 0 Å². The van der Waals surface area contributed by atoms with E-state index in [9.17, 15) is 0 Å². The Morgan fingerprint density at radius 1 is 1.41 bits per heavy atom. The van der Waals surface area contributed by atoms with Crippen LogP contribution in [0.5, 0.6) is 0 Å². The van der Waals surface area contributed by atoms with Gasteiger partial charge in [-0.3, -0.25) is 0 Å². The number of hydrogen-bond donors (Lipinski definition) is 1. The Morgan fingerprint density at radius 3 is 2.59 bits per heavy atom. The molecule has 17 heavy (non-hydrogen) atoms. The molecule has 0 radical (unpaired) electrons. The van der Waals surface area contributed by atoms with Gasteiger partial charge in [0.05, 0.1) is 5.54 Å². The van der Waals surface area contributed by atoms with Crippen LogP contribution in [0.25, 0.3) is 0 Å². The highest BCUT2D eigenvalue weighted by molar-refractivity contribution is 5.12. The van der Waals surface area contributed by atoms with E-state index < -0.39 is 0 Å². The van der Waals surface area contributed by atoms with E-state index in [4.69, 9.17) is 10.3 Å². The lowest BCUT2D eigenvalue weighted by Gasteiger charge is -2.41. The Kier molecular flexibility index (Phi) is 2.48. The second kappa shape index (κ2) is 3.78. The van der Waals surface area contributed by atoms with Gasteiger partial charge >= 0.3 is 0 Å². The van der Waals surface area contributed by atoms with Gasteiger partial charge in [-0.25, -0.2) is 0 Å². The lowest BCUT2D eigenvalue weighted by molar-refractivity contribution is 0.106. The predicted molar refractivity (Wildman–Crippen MR) is 63.3 cm³/mol. The summed E-state index contributed by atoms with van der Waals surface area (Å²) in [6, 6.07) is 1.17. The SMILES string of the molecule is CCc1nc(C2(N)CC3CCC(C2)N3C)no1. The number of aromatic nitrogens is 2. The van der Waals surface area contributed by atoms with Crippen LogP contribution in [0.15, 0.2) is 4.52 Å². The third-order valence-electron chi connectivity index (χ3n) is 4.40. The molecule has 2 unspecified atom stereocenters. The molecule has 1 aromatic rings. The van der Waals surface area contributed by atoms with E-state index in [2.05, 4.69) is 22.1 Å². The van der Waals surface area contributed by atoms with Crippen molar-refractivity contribution in [2.75, 3.05) is 7.05 Å². The van der Waals surface area contributed by atoms with Crippen LogP contribution in [0.4, 0.5) is 0 Å². The Balaban J connectivity index is 1.87. The minimum absolute atomic E-state index is 0.380. The molecule has 5 nitrogen and oxygen atoms in total. The first kappa shape index (κ1) is 11.2. The molecular weight excluding hydrogens is 216 g/mol. The summed E-state index contributed by atoms with van der Waals surface area (Å²) in [5, 5.41) is 4.07. The van der Waals surface area contributed by atoms with Crippen molar-refractivity contribution in [1.29, 1.82) is 0 Å². The highest BCUT2D eigenvalue weighted by Gasteiger charge is 2.47. The van der Waals surface area contributed by atoms with Crippen LogP contribution >= 0.6 is 0 Å². The van der Waals surface area contributed by atoms with Crippen LogP contribution in [-0.2, 0) is 12.0 Å². The summed E-state index contributed by atoms with van der Waals surface area (Å²) in [5.74, 6) is 1.40. The van der Waals surface area contributed by atoms with Gasteiger partial charge < -0.3 is 15.2 Å². The van der Waals surface area contributed by atoms with Gasteiger partial charge in [-0.2, -0.15) is 4.98 Å². The molecule has 0 saturated carbocycles. The van der Waals surface area contributed by atoms with Crippen LogP contribution < -0.4 is 5.73 Å². The molecule has 2 atom stereocenters. The standard InChI is InChI=1S/C12H20N4O/c1-3-10-14-11(15-17-10)12(13)6-8-4-5-9(7-12)16(8)2/h8-9H,3-7,13H2,1-2H3. The summed E-state index contributed by atoms with van der Waals surface area (Å²) in [4.78, 5) is 6.89. The Labute approximate surface area is 101 Å². The van der Waals surface area contributed by atoms with Crippen molar-refractivity contribution >= 4 is 0 Å². The molecule has 2 aliphatic rings. The molecule has 0 aliphatic carbocycles. The first-order valence-corrected chi connectivity index (χ1v) is 6.46. The Hall–Kier alpha value is -0.940. The Morgan fingerprint density at radius 2 is 2.06 bits per heavy atom. The number of hydrogen-bond acceptors (Lipinski definition) is 5. The molecule has 2 bridgehead atoms. The van der Waals surface area contributed by atoms with Gasteiger partial charge in [-0.1, -0.05) is 12.1 Å². The fraction of sp³-hybridized carbons (Fsp3) is 0.833. The van der Waals surface area contributed by atoms with E-state index in [1.165, 1.54) is 12.8 Å². The molecule has 2 fully saturated rings. The number of nitrogens with zero attached hydrogens (tertiary/aromatic N) is 3. The summed E-state index contributed by atoms with van der Waals surface area (Å²) >= 11 is 0. The maximum absolute atomic E-state index is 6.52. The predicted octanol–water partition coefficient (Wildman–Crippen LogP) is 1.04. The maximum Gasteiger partial charge on any atom is 0.226 e. The van der Waals surface area contributed by atoms with Crippen LogP contribution in [0.3, 0.4) is 0 Å². The first-order chi connectivity index (χ1) is 8.12. The number of aryl methyl sites for hydroxylation is 1. The summed E-state index contributed by atoms with van der Waals surface area (Å²) in [6.45, 7) is 2.01. The fourth-order valence-corrected chi connectivity index (χ4v) is 3.29. The van der Waals surface area contributed by atoms with Crippen LogP contribution in [-0.4, -0.2) is 34.2 Å². The number of rotatable bonds is 2. The van der Waals surface area contributed by atoms with Crippen molar-refractivity contribution < 1.29 is 4.52 Å². The zero-order valence-corrected chi connectivity index (χ0v) is 10.5. The van der Waals surface area contributed by atoms with Crippen molar-refractivity contribution in [2.24, 2.45) is 5.73 Å². The molecule has 2 aliphatic heterocycles. The van der Waals surface area contributed by atoms with E-state index in [0.29, 0.717) is 23.8 Å². The average Bonchev–Trinajstić information content (AvgIpc) is 2.86. The van der Waals surface area contributed by atoms with E-state index in [1.807, 2.05) is 6.92 Å². The van der Waals surface area contributed by atoms with Crippen molar-refractivity contribution in [3.63, 3.8) is 0 Å². The fourth-order valence-electron chi connectivity index (χ4n) is 3.29. The van der Waals surface area contributed by atoms with Crippen molar-refractivity contribution in [1.82, 2.24) is 15.0 Å². The molecule has 0 spiro atoms. The molecule has 2 saturated heterocycles. The van der Waals surface area contributed by atoms with E-state index in [-0.39, 0.29) is 5.54 Å². The molecule has 5 heteroatoms. The zero-order valence-electron chi connectivity index (χ0n) is 10.5.